The van der Waals surface area contributed by atoms with Crippen LogP contribution in [0, 0.1) is 25.2 Å². The third-order valence-corrected chi connectivity index (χ3v) is 4.80. The zero-order valence-corrected chi connectivity index (χ0v) is 14.5. The third-order valence-electron chi connectivity index (χ3n) is 4.80. The highest BCUT2D eigenvalue weighted by atomic mass is 16.2. The lowest BCUT2D eigenvalue weighted by Crippen LogP contribution is -2.34. The van der Waals surface area contributed by atoms with Gasteiger partial charge in [-0.15, -0.1) is 0 Å². The molecule has 2 amide bonds. The summed E-state index contributed by atoms with van der Waals surface area (Å²) < 4.78 is 0. The van der Waals surface area contributed by atoms with Crippen LogP contribution in [-0.4, -0.2) is 28.6 Å². The zero-order chi connectivity index (χ0) is 18.3. The predicted octanol–water partition coefficient (Wildman–Crippen LogP) is 3.59. The van der Waals surface area contributed by atoms with Gasteiger partial charge in [-0.2, -0.15) is 5.26 Å². The summed E-state index contributed by atoms with van der Waals surface area (Å²) in [5.41, 5.74) is 3.29. The van der Waals surface area contributed by atoms with Crippen molar-refractivity contribution in [2.45, 2.75) is 19.9 Å². The number of nitriles is 1. The van der Waals surface area contributed by atoms with Crippen LogP contribution in [0.5, 0.6) is 0 Å². The Hall–Kier alpha value is -3.46. The molecule has 1 atom stereocenters. The molecule has 6 heteroatoms. The fourth-order valence-corrected chi connectivity index (χ4v) is 3.25. The molecule has 2 aromatic heterocycles. The maximum Gasteiger partial charge on any atom is 0.330 e. The van der Waals surface area contributed by atoms with Crippen molar-refractivity contribution >= 4 is 28.2 Å². The molecule has 1 fully saturated rings. The normalized spacial score (nSPS) is 17.0. The minimum atomic E-state index is -0.586. The van der Waals surface area contributed by atoms with Gasteiger partial charge >= 0.3 is 6.03 Å². The van der Waals surface area contributed by atoms with Gasteiger partial charge < -0.3 is 0 Å². The van der Waals surface area contributed by atoms with E-state index in [0.29, 0.717) is 17.9 Å². The van der Waals surface area contributed by atoms with Gasteiger partial charge in [0.2, 0.25) is 0 Å². The number of nitrogens with zero attached hydrogens (tertiary/aromatic N) is 5. The second-order valence-electron chi connectivity index (χ2n) is 6.38. The maximum absolute atomic E-state index is 13.2. The molecule has 1 aliphatic heterocycles. The number of hydrogen-bond donors (Lipinski definition) is 0. The Balaban J connectivity index is 1.80. The zero-order valence-electron chi connectivity index (χ0n) is 14.5. The predicted molar refractivity (Wildman–Crippen MR) is 100 cm³/mol. The van der Waals surface area contributed by atoms with E-state index in [9.17, 15) is 10.1 Å². The lowest BCUT2D eigenvalue weighted by Gasteiger charge is -2.21. The van der Waals surface area contributed by atoms with Gasteiger partial charge in [-0.25, -0.2) is 4.79 Å². The van der Waals surface area contributed by atoms with Crippen molar-refractivity contribution in [1.29, 1.82) is 5.26 Å². The molecule has 0 spiro atoms. The van der Waals surface area contributed by atoms with E-state index in [1.54, 1.807) is 23.5 Å². The molecule has 0 saturated carbocycles. The van der Waals surface area contributed by atoms with Gasteiger partial charge in [0.1, 0.15) is 6.04 Å². The molecule has 1 saturated heterocycles. The molecule has 6 nitrogen and oxygen atoms in total. The van der Waals surface area contributed by atoms with Crippen molar-refractivity contribution in [2.24, 2.45) is 0 Å². The Kier molecular flexibility index (Phi) is 3.77. The number of benzene rings is 1. The first-order chi connectivity index (χ1) is 12.6. The number of amides is 2. The van der Waals surface area contributed by atoms with E-state index in [0.717, 1.165) is 22.0 Å². The van der Waals surface area contributed by atoms with E-state index in [2.05, 4.69) is 16.0 Å². The Labute approximate surface area is 151 Å². The lowest BCUT2D eigenvalue weighted by molar-refractivity contribution is 0.255. The summed E-state index contributed by atoms with van der Waals surface area (Å²) in [6.45, 7) is 4.18. The van der Waals surface area contributed by atoms with E-state index >= 15 is 0 Å². The van der Waals surface area contributed by atoms with Crippen LogP contribution >= 0.6 is 0 Å². The Morgan fingerprint density at radius 3 is 2.77 bits per heavy atom. The fraction of sp³-hybridized carbons (Fsp3) is 0.200. The van der Waals surface area contributed by atoms with Gasteiger partial charge in [0.25, 0.3) is 0 Å². The Morgan fingerprint density at radius 2 is 2.00 bits per heavy atom. The number of carbonyl (C=O) groups excluding carboxylic acids is 1. The van der Waals surface area contributed by atoms with Crippen LogP contribution in [-0.2, 0) is 0 Å². The van der Waals surface area contributed by atoms with E-state index in [1.807, 2.05) is 44.2 Å². The highest BCUT2D eigenvalue weighted by Gasteiger charge is 2.40. The third kappa shape index (κ3) is 2.45. The highest BCUT2D eigenvalue weighted by molar-refractivity contribution is 6.11. The monoisotopic (exact) mass is 343 g/mol. The molecule has 0 bridgehead atoms. The summed E-state index contributed by atoms with van der Waals surface area (Å²) in [5.74, 6) is 0. The summed E-state index contributed by atoms with van der Waals surface area (Å²) in [7, 11) is 0. The van der Waals surface area contributed by atoms with Crippen LogP contribution in [0.15, 0.2) is 48.9 Å². The molecule has 128 valence electrons. The number of pyridine rings is 2. The van der Waals surface area contributed by atoms with E-state index in [-0.39, 0.29) is 6.03 Å². The van der Waals surface area contributed by atoms with E-state index in [1.165, 1.54) is 4.90 Å². The van der Waals surface area contributed by atoms with Crippen LogP contribution in [0.3, 0.4) is 0 Å². The number of urea groups is 1. The topological polar surface area (TPSA) is 73.1 Å². The molecular formula is C20H17N5O. The minimum Gasteiger partial charge on any atom is -0.289 e. The molecule has 0 radical (unpaired) electrons. The highest BCUT2D eigenvalue weighted by Crippen LogP contribution is 2.33. The number of hydrogen-bond acceptors (Lipinski definition) is 4. The molecule has 3 aromatic rings. The van der Waals surface area contributed by atoms with Gasteiger partial charge in [0.15, 0.2) is 0 Å². The maximum atomic E-state index is 13.2. The Morgan fingerprint density at radius 1 is 1.19 bits per heavy atom. The molecule has 1 aliphatic rings. The van der Waals surface area contributed by atoms with Gasteiger partial charge in [-0.3, -0.25) is 19.8 Å². The second kappa shape index (κ2) is 6.12. The molecule has 0 aliphatic carbocycles. The average molecular weight is 343 g/mol. The number of anilines is 2. The first kappa shape index (κ1) is 16.0. The van der Waals surface area contributed by atoms with Crippen LogP contribution in [0.25, 0.3) is 10.8 Å². The Bertz CT molecular complexity index is 1050. The van der Waals surface area contributed by atoms with Gasteiger partial charge in [0.05, 0.1) is 36.4 Å². The molecule has 0 unspecified atom stereocenters. The molecule has 0 N–H and O–H groups in total. The summed E-state index contributed by atoms with van der Waals surface area (Å²) in [6.07, 6.45) is 5.08. The SMILES string of the molecule is Cc1cc(N2C[C@H](C#N)N(c3cncc4ccccc34)C2=O)cnc1C. The average Bonchev–Trinajstić information content (AvgIpc) is 3.00. The largest absolute Gasteiger partial charge is 0.330 e. The van der Waals surface area contributed by atoms with Crippen molar-refractivity contribution in [3.63, 3.8) is 0 Å². The van der Waals surface area contributed by atoms with Crippen LogP contribution in [0.1, 0.15) is 11.3 Å². The number of fused-ring (bicyclic) bond motifs is 1. The summed E-state index contributed by atoms with van der Waals surface area (Å²) in [4.78, 5) is 24.9. The van der Waals surface area contributed by atoms with Gasteiger partial charge in [-0.05, 0) is 25.5 Å². The van der Waals surface area contributed by atoms with Crippen molar-refractivity contribution in [2.75, 3.05) is 16.3 Å². The van der Waals surface area contributed by atoms with Crippen LogP contribution in [0.4, 0.5) is 16.2 Å². The lowest BCUT2D eigenvalue weighted by atomic mass is 10.1. The van der Waals surface area contributed by atoms with Gasteiger partial charge in [0, 0.05) is 22.7 Å². The summed E-state index contributed by atoms with van der Waals surface area (Å²) >= 11 is 0. The molecule has 26 heavy (non-hydrogen) atoms. The fourth-order valence-electron chi connectivity index (χ4n) is 3.25. The standard InChI is InChI=1S/C20H17N5O/c1-13-7-16(10-23-14(13)2)24-12-17(8-21)25(20(24)26)19-11-22-9-15-5-3-4-6-18(15)19/h3-7,9-11,17H,12H2,1-2H3/t17-/m0/s1. The van der Waals surface area contributed by atoms with Crippen LogP contribution < -0.4 is 9.80 Å². The molecule has 1 aromatic carbocycles. The summed E-state index contributed by atoms with van der Waals surface area (Å²) in [6, 6.07) is 11.1. The van der Waals surface area contributed by atoms with Crippen LogP contribution in [0.2, 0.25) is 0 Å². The number of aryl methyl sites for hydroxylation is 2. The number of carbonyl (C=O) groups is 1. The first-order valence-electron chi connectivity index (χ1n) is 8.36. The van der Waals surface area contributed by atoms with Crippen molar-refractivity contribution in [3.8, 4) is 6.07 Å². The minimum absolute atomic E-state index is 0.236. The molecule has 3 heterocycles. The van der Waals surface area contributed by atoms with Crippen molar-refractivity contribution < 1.29 is 4.79 Å². The smallest absolute Gasteiger partial charge is 0.289 e. The van der Waals surface area contributed by atoms with Crippen molar-refractivity contribution in [1.82, 2.24) is 9.97 Å². The van der Waals surface area contributed by atoms with Crippen molar-refractivity contribution in [3.05, 3.63) is 60.2 Å². The van der Waals surface area contributed by atoms with Gasteiger partial charge in [-0.1, -0.05) is 24.3 Å². The second-order valence-corrected chi connectivity index (χ2v) is 6.38. The molecule has 4 rings (SSSR count). The molecular weight excluding hydrogens is 326 g/mol. The van der Waals surface area contributed by atoms with E-state index in [4.69, 9.17) is 0 Å². The quantitative estimate of drug-likeness (QED) is 0.713. The first-order valence-corrected chi connectivity index (χ1v) is 8.36. The van der Waals surface area contributed by atoms with E-state index < -0.39 is 6.04 Å². The number of rotatable bonds is 2. The summed E-state index contributed by atoms with van der Waals surface area (Å²) in [5, 5.41) is 11.5. The number of aromatic nitrogens is 2.